The molecule has 0 aliphatic carbocycles. The summed E-state index contributed by atoms with van der Waals surface area (Å²) in [6, 6.07) is 8.60. The Labute approximate surface area is 136 Å². The molecule has 3 rings (SSSR count). The van der Waals surface area contributed by atoms with Crippen LogP contribution in [0, 0.1) is 0 Å². The molecule has 24 heavy (non-hydrogen) atoms. The van der Waals surface area contributed by atoms with Gasteiger partial charge in [-0.25, -0.2) is 4.79 Å². The Hall–Kier alpha value is -2.84. The van der Waals surface area contributed by atoms with Gasteiger partial charge in [-0.2, -0.15) is 8.42 Å². The largest absolute Gasteiger partial charge is 0.507 e. The minimum Gasteiger partial charge on any atom is -0.507 e. The zero-order valence-electron chi connectivity index (χ0n) is 12.3. The Morgan fingerprint density at radius 1 is 1.04 bits per heavy atom. The summed E-state index contributed by atoms with van der Waals surface area (Å²) in [6.45, 7) is 0. The molecular weight excluding hydrogens is 336 g/mol. The standard InChI is InChI=1S/C16H12O7S/c1-23-10-3-2-8-5-11-12(6-9(8)4-10)15(16(18)19)13(17)7-14(11)24(20,21)22/h2-7,17H,1H3,(H,18,19)(H,20,21,22). The maximum absolute atomic E-state index is 11.6. The van der Waals surface area contributed by atoms with Crippen LogP contribution < -0.4 is 4.74 Å². The minimum absolute atomic E-state index is 0.00382. The summed E-state index contributed by atoms with van der Waals surface area (Å²) in [5.74, 6) is -1.62. The van der Waals surface area contributed by atoms with Gasteiger partial charge in [-0.1, -0.05) is 6.07 Å². The van der Waals surface area contributed by atoms with E-state index in [9.17, 15) is 28.0 Å². The molecule has 0 saturated heterocycles. The second-order valence-corrected chi connectivity index (χ2v) is 6.55. The maximum Gasteiger partial charge on any atom is 0.340 e. The zero-order chi connectivity index (χ0) is 17.6. The number of hydrogen-bond donors (Lipinski definition) is 3. The molecule has 124 valence electrons. The highest BCUT2D eigenvalue weighted by molar-refractivity contribution is 7.86. The van der Waals surface area contributed by atoms with Crippen molar-refractivity contribution in [1.29, 1.82) is 0 Å². The number of ether oxygens (including phenoxy) is 1. The van der Waals surface area contributed by atoms with E-state index in [1.807, 2.05) is 0 Å². The third kappa shape index (κ3) is 2.51. The topological polar surface area (TPSA) is 121 Å². The van der Waals surface area contributed by atoms with Gasteiger partial charge in [0.2, 0.25) is 0 Å². The third-order valence-electron chi connectivity index (χ3n) is 3.73. The number of methoxy groups -OCH3 is 1. The minimum atomic E-state index is -4.65. The fraction of sp³-hybridized carbons (Fsp3) is 0.0625. The zero-order valence-corrected chi connectivity index (χ0v) is 13.2. The molecule has 0 saturated carbocycles. The lowest BCUT2D eigenvalue weighted by molar-refractivity contribution is 0.0696. The van der Waals surface area contributed by atoms with Crippen LogP contribution in [-0.4, -0.2) is 36.3 Å². The molecule has 0 amide bonds. The number of aromatic hydroxyl groups is 1. The lowest BCUT2D eigenvalue weighted by Crippen LogP contribution is -2.04. The molecular formula is C16H12O7S. The summed E-state index contributed by atoms with van der Waals surface area (Å²) >= 11 is 0. The quantitative estimate of drug-likeness (QED) is 0.491. The molecule has 0 aromatic heterocycles. The molecule has 0 atom stereocenters. The first kappa shape index (κ1) is 16.0. The van der Waals surface area contributed by atoms with Crippen molar-refractivity contribution in [3.63, 3.8) is 0 Å². The van der Waals surface area contributed by atoms with Gasteiger partial charge in [0.05, 0.1) is 7.11 Å². The van der Waals surface area contributed by atoms with Crippen molar-refractivity contribution >= 4 is 37.6 Å². The first-order valence-electron chi connectivity index (χ1n) is 6.70. The number of carboxylic acids is 1. The van der Waals surface area contributed by atoms with Crippen LogP contribution in [0.1, 0.15) is 10.4 Å². The second kappa shape index (κ2) is 5.36. The molecule has 3 N–H and O–H groups in total. The van der Waals surface area contributed by atoms with Crippen molar-refractivity contribution in [2.45, 2.75) is 4.90 Å². The molecule has 0 aliphatic heterocycles. The van der Waals surface area contributed by atoms with Crippen LogP contribution in [0.5, 0.6) is 11.5 Å². The van der Waals surface area contributed by atoms with Crippen molar-refractivity contribution in [2.75, 3.05) is 7.11 Å². The highest BCUT2D eigenvalue weighted by Gasteiger charge is 2.23. The fourth-order valence-corrected chi connectivity index (χ4v) is 3.37. The van der Waals surface area contributed by atoms with E-state index in [1.165, 1.54) is 19.2 Å². The molecule has 0 radical (unpaired) electrons. The van der Waals surface area contributed by atoms with Gasteiger partial charge in [-0.15, -0.1) is 0 Å². The summed E-state index contributed by atoms with van der Waals surface area (Å²) in [6.07, 6.45) is 0. The van der Waals surface area contributed by atoms with Crippen LogP contribution in [0.2, 0.25) is 0 Å². The third-order valence-corrected chi connectivity index (χ3v) is 4.63. The van der Waals surface area contributed by atoms with E-state index in [0.717, 1.165) is 6.07 Å². The predicted molar refractivity (Wildman–Crippen MR) is 86.4 cm³/mol. The number of phenols is 1. The molecule has 0 unspecified atom stereocenters. The molecule has 3 aromatic carbocycles. The van der Waals surface area contributed by atoms with E-state index < -0.39 is 32.3 Å². The van der Waals surface area contributed by atoms with Gasteiger partial charge in [0.25, 0.3) is 10.1 Å². The van der Waals surface area contributed by atoms with Gasteiger partial charge >= 0.3 is 5.97 Å². The number of rotatable bonds is 3. The average molecular weight is 348 g/mol. The Balaban J connectivity index is 2.56. The molecule has 0 spiro atoms. The summed E-state index contributed by atoms with van der Waals surface area (Å²) < 4.78 is 37.7. The smallest absolute Gasteiger partial charge is 0.340 e. The number of aromatic carboxylic acids is 1. The van der Waals surface area contributed by atoms with Gasteiger partial charge in [0, 0.05) is 16.8 Å². The first-order chi connectivity index (χ1) is 11.2. The van der Waals surface area contributed by atoms with E-state index >= 15 is 0 Å². The van der Waals surface area contributed by atoms with Crippen LogP contribution in [0.15, 0.2) is 41.3 Å². The lowest BCUT2D eigenvalue weighted by atomic mass is 9.98. The molecule has 0 bridgehead atoms. The predicted octanol–water partition coefficient (Wildman–Crippen LogP) is 2.65. The first-order valence-corrected chi connectivity index (χ1v) is 8.14. The number of carboxylic acid groups (broad SMARTS) is 1. The number of benzene rings is 3. The summed E-state index contributed by atoms with van der Waals surface area (Å²) in [5.41, 5.74) is -0.442. The van der Waals surface area contributed by atoms with E-state index in [-0.39, 0.29) is 10.8 Å². The Morgan fingerprint density at radius 2 is 1.71 bits per heavy atom. The van der Waals surface area contributed by atoms with Crippen LogP contribution in [0.4, 0.5) is 0 Å². The second-order valence-electron chi connectivity index (χ2n) is 5.16. The summed E-state index contributed by atoms with van der Waals surface area (Å²) in [4.78, 5) is 10.9. The summed E-state index contributed by atoms with van der Waals surface area (Å²) in [7, 11) is -3.17. The van der Waals surface area contributed by atoms with Crippen molar-refractivity contribution in [1.82, 2.24) is 0 Å². The maximum atomic E-state index is 11.6. The van der Waals surface area contributed by atoms with Crippen molar-refractivity contribution in [2.24, 2.45) is 0 Å². The Kier molecular flexibility index (Phi) is 3.58. The van der Waals surface area contributed by atoms with Crippen LogP contribution >= 0.6 is 0 Å². The Bertz CT molecular complexity index is 1100. The number of hydrogen-bond acceptors (Lipinski definition) is 5. The van der Waals surface area contributed by atoms with Crippen molar-refractivity contribution in [3.8, 4) is 11.5 Å². The molecule has 3 aromatic rings. The fourth-order valence-electron chi connectivity index (χ4n) is 2.66. The summed E-state index contributed by atoms with van der Waals surface area (Å²) in [5, 5.41) is 20.5. The SMILES string of the molecule is COc1ccc2cc3c(S(=O)(=O)O)cc(O)c(C(=O)O)c3cc2c1. The van der Waals surface area contributed by atoms with Crippen molar-refractivity contribution < 1.29 is 32.7 Å². The van der Waals surface area contributed by atoms with Gasteiger partial charge in [-0.3, -0.25) is 4.55 Å². The van der Waals surface area contributed by atoms with E-state index in [2.05, 4.69) is 0 Å². The van der Waals surface area contributed by atoms with E-state index in [4.69, 9.17) is 4.74 Å². The van der Waals surface area contributed by atoms with Crippen molar-refractivity contribution in [3.05, 3.63) is 42.0 Å². The van der Waals surface area contributed by atoms with Gasteiger partial charge in [0.15, 0.2) is 0 Å². The highest BCUT2D eigenvalue weighted by Crippen LogP contribution is 2.36. The monoisotopic (exact) mass is 348 g/mol. The van der Waals surface area contributed by atoms with Crippen LogP contribution in [0.25, 0.3) is 21.5 Å². The Morgan fingerprint density at radius 3 is 2.29 bits per heavy atom. The molecule has 0 aliphatic rings. The number of carbonyl (C=O) groups is 1. The normalized spacial score (nSPS) is 11.8. The van der Waals surface area contributed by atoms with Gasteiger partial charge in [0.1, 0.15) is 22.0 Å². The van der Waals surface area contributed by atoms with Gasteiger partial charge in [-0.05, 0) is 35.0 Å². The average Bonchev–Trinajstić information content (AvgIpc) is 2.50. The van der Waals surface area contributed by atoms with E-state index in [1.54, 1.807) is 18.2 Å². The van der Waals surface area contributed by atoms with Gasteiger partial charge < -0.3 is 14.9 Å². The van der Waals surface area contributed by atoms with E-state index in [0.29, 0.717) is 16.5 Å². The highest BCUT2D eigenvalue weighted by atomic mass is 32.2. The van der Waals surface area contributed by atoms with Crippen LogP contribution in [0.3, 0.4) is 0 Å². The number of fused-ring (bicyclic) bond motifs is 2. The molecule has 8 heteroatoms. The molecule has 0 fully saturated rings. The molecule has 7 nitrogen and oxygen atoms in total. The van der Waals surface area contributed by atoms with Crippen LogP contribution in [-0.2, 0) is 10.1 Å². The molecule has 0 heterocycles. The lowest BCUT2D eigenvalue weighted by Gasteiger charge is -2.11.